The fourth-order valence-electron chi connectivity index (χ4n) is 1.72. The number of rotatable bonds is 6. The number of carbonyl (C=O) groups excluding carboxylic acids is 2. The van der Waals surface area contributed by atoms with E-state index in [2.05, 4.69) is 0 Å². The van der Waals surface area contributed by atoms with Gasteiger partial charge < -0.3 is 19.9 Å². The summed E-state index contributed by atoms with van der Waals surface area (Å²) in [5.41, 5.74) is 5.46. The summed E-state index contributed by atoms with van der Waals surface area (Å²) in [6, 6.07) is 12.9. The van der Waals surface area contributed by atoms with Gasteiger partial charge in [-0.1, -0.05) is 12.1 Å². The van der Waals surface area contributed by atoms with E-state index in [1.807, 2.05) is 0 Å². The van der Waals surface area contributed by atoms with Gasteiger partial charge in [0.2, 0.25) is 5.91 Å². The Morgan fingerprint density at radius 1 is 1.00 bits per heavy atom. The number of carbonyl (C=O) groups is 2. The summed E-state index contributed by atoms with van der Waals surface area (Å²) in [4.78, 5) is 22.7. The van der Waals surface area contributed by atoms with Crippen molar-refractivity contribution in [3.8, 4) is 17.2 Å². The Bertz CT molecular complexity index is 666. The van der Waals surface area contributed by atoms with Crippen LogP contribution in [-0.2, 0) is 4.79 Å². The van der Waals surface area contributed by atoms with Gasteiger partial charge in [0.1, 0.15) is 5.75 Å². The topological polar surface area (TPSA) is 87.8 Å². The Morgan fingerprint density at radius 3 is 2.23 bits per heavy atom. The highest BCUT2D eigenvalue weighted by atomic mass is 16.6. The lowest BCUT2D eigenvalue weighted by Gasteiger charge is -2.10. The molecule has 0 aliphatic carbocycles. The molecule has 2 aromatic carbocycles. The minimum Gasteiger partial charge on any atom is -0.493 e. The molecule has 0 atom stereocenters. The number of esters is 1. The van der Waals surface area contributed by atoms with Gasteiger partial charge in [-0.2, -0.15) is 0 Å². The molecule has 114 valence electrons. The zero-order valence-electron chi connectivity index (χ0n) is 11.9. The van der Waals surface area contributed by atoms with Gasteiger partial charge in [0, 0.05) is 5.56 Å². The van der Waals surface area contributed by atoms with Gasteiger partial charge in [-0.25, -0.2) is 4.79 Å². The monoisotopic (exact) mass is 301 g/mol. The molecule has 0 heterocycles. The Morgan fingerprint density at radius 2 is 1.64 bits per heavy atom. The third-order valence-electron chi connectivity index (χ3n) is 2.79. The summed E-state index contributed by atoms with van der Waals surface area (Å²) < 4.78 is 15.5. The first-order chi connectivity index (χ1) is 10.6. The van der Waals surface area contributed by atoms with Crippen LogP contribution in [0, 0.1) is 0 Å². The first kappa shape index (κ1) is 15.4. The maximum absolute atomic E-state index is 11.7. The SMILES string of the molecule is COc1ccccc1OCC(=O)Oc1ccc(C(N)=O)cc1. The highest BCUT2D eigenvalue weighted by Gasteiger charge is 2.09. The quantitative estimate of drug-likeness (QED) is 0.649. The molecule has 1 amide bonds. The number of primary amides is 1. The van der Waals surface area contributed by atoms with E-state index in [0.29, 0.717) is 22.8 Å². The van der Waals surface area contributed by atoms with Crippen LogP contribution in [0.15, 0.2) is 48.5 Å². The van der Waals surface area contributed by atoms with Crippen molar-refractivity contribution in [2.75, 3.05) is 13.7 Å². The molecule has 0 aromatic heterocycles. The molecule has 6 heteroatoms. The van der Waals surface area contributed by atoms with Crippen molar-refractivity contribution >= 4 is 11.9 Å². The second-order valence-corrected chi connectivity index (χ2v) is 4.30. The summed E-state index contributed by atoms with van der Waals surface area (Å²) in [5.74, 6) is 0.167. The van der Waals surface area contributed by atoms with E-state index in [0.717, 1.165) is 0 Å². The summed E-state index contributed by atoms with van der Waals surface area (Å²) >= 11 is 0. The molecule has 0 aliphatic rings. The van der Waals surface area contributed by atoms with Crippen molar-refractivity contribution in [2.24, 2.45) is 5.73 Å². The standard InChI is InChI=1S/C16H15NO5/c1-20-13-4-2-3-5-14(13)21-10-15(18)22-12-8-6-11(7-9-12)16(17)19/h2-9H,10H2,1H3,(H2,17,19). The van der Waals surface area contributed by atoms with E-state index < -0.39 is 11.9 Å². The molecule has 0 bridgehead atoms. The summed E-state index contributed by atoms with van der Waals surface area (Å²) in [5, 5.41) is 0. The van der Waals surface area contributed by atoms with Crippen molar-refractivity contribution in [1.82, 2.24) is 0 Å². The second-order valence-electron chi connectivity index (χ2n) is 4.30. The van der Waals surface area contributed by atoms with Gasteiger partial charge in [0.05, 0.1) is 7.11 Å². The molecular weight excluding hydrogens is 286 g/mol. The molecule has 0 saturated heterocycles. The van der Waals surface area contributed by atoms with Crippen LogP contribution in [0.2, 0.25) is 0 Å². The van der Waals surface area contributed by atoms with E-state index in [4.69, 9.17) is 19.9 Å². The maximum Gasteiger partial charge on any atom is 0.349 e. The van der Waals surface area contributed by atoms with Crippen molar-refractivity contribution in [1.29, 1.82) is 0 Å². The van der Waals surface area contributed by atoms with E-state index in [1.165, 1.54) is 31.4 Å². The number of hydrogen-bond donors (Lipinski definition) is 1. The molecule has 0 fully saturated rings. The zero-order valence-corrected chi connectivity index (χ0v) is 11.9. The smallest absolute Gasteiger partial charge is 0.349 e. The van der Waals surface area contributed by atoms with Gasteiger partial charge in [-0.05, 0) is 36.4 Å². The predicted molar refractivity (Wildman–Crippen MR) is 79.1 cm³/mol. The van der Waals surface area contributed by atoms with Crippen LogP contribution in [-0.4, -0.2) is 25.6 Å². The van der Waals surface area contributed by atoms with Crippen molar-refractivity contribution in [2.45, 2.75) is 0 Å². The van der Waals surface area contributed by atoms with Crippen LogP contribution in [0.5, 0.6) is 17.2 Å². The molecule has 0 unspecified atom stereocenters. The van der Waals surface area contributed by atoms with E-state index >= 15 is 0 Å². The number of para-hydroxylation sites is 2. The average Bonchev–Trinajstić information content (AvgIpc) is 2.53. The van der Waals surface area contributed by atoms with Gasteiger partial charge in [0.25, 0.3) is 0 Å². The Balaban J connectivity index is 1.91. The average molecular weight is 301 g/mol. The van der Waals surface area contributed by atoms with Crippen LogP contribution in [0.4, 0.5) is 0 Å². The molecule has 2 rings (SSSR count). The third kappa shape index (κ3) is 3.99. The number of methoxy groups -OCH3 is 1. The molecule has 0 spiro atoms. The fourth-order valence-corrected chi connectivity index (χ4v) is 1.72. The van der Waals surface area contributed by atoms with Crippen molar-refractivity contribution in [3.05, 3.63) is 54.1 Å². The fraction of sp³-hybridized carbons (Fsp3) is 0.125. The molecule has 22 heavy (non-hydrogen) atoms. The van der Waals surface area contributed by atoms with E-state index in [9.17, 15) is 9.59 Å². The van der Waals surface area contributed by atoms with Gasteiger partial charge in [-0.15, -0.1) is 0 Å². The molecular formula is C16H15NO5. The van der Waals surface area contributed by atoms with Crippen LogP contribution >= 0.6 is 0 Å². The zero-order chi connectivity index (χ0) is 15.9. The van der Waals surface area contributed by atoms with Crippen LogP contribution in [0.25, 0.3) is 0 Å². The predicted octanol–water partition coefficient (Wildman–Crippen LogP) is 1.78. The number of nitrogens with two attached hydrogens (primary N) is 1. The Kier molecular flexibility index (Phi) is 4.98. The van der Waals surface area contributed by atoms with Crippen LogP contribution < -0.4 is 19.9 Å². The van der Waals surface area contributed by atoms with Crippen LogP contribution in [0.1, 0.15) is 10.4 Å². The first-order valence-corrected chi connectivity index (χ1v) is 6.46. The number of hydrogen-bond acceptors (Lipinski definition) is 5. The van der Waals surface area contributed by atoms with E-state index in [-0.39, 0.29) is 6.61 Å². The third-order valence-corrected chi connectivity index (χ3v) is 2.79. The minimum atomic E-state index is -0.572. The van der Waals surface area contributed by atoms with Crippen molar-refractivity contribution in [3.63, 3.8) is 0 Å². The summed E-state index contributed by atoms with van der Waals surface area (Å²) in [7, 11) is 1.51. The molecule has 2 N–H and O–H groups in total. The van der Waals surface area contributed by atoms with Gasteiger partial charge >= 0.3 is 5.97 Å². The molecule has 0 aliphatic heterocycles. The summed E-state index contributed by atoms with van der Waals surface area (Å²) in [6.07, 6.45) is 0. The van der Waals surface area contributed by atoms with Crippen molar-refractivity contribution < 1.29 is 23.8 Å². The van der Waals surface area contributed by atoms with Gasteiger partial charge in [-0.3, -0.25) is 4.79 Å². The lowest BCUT2D eigenvalue weighted by Crippen LogP contribution is -2.18. The Hall–Kier alpha value is -3.02. The normalized spacial score (nSPS) is 9.86. The highest BCUT2D eigenvalue weighted by Crippen LogP contribution is 2.25. The van der Waals surface area contributed by atoms with Crippen LogP contribution in [0.3, 0.4) is 0 Å². The largest absolute Gasteiger partial charge is 0.493 e. The highest BCUT2D eigenvalue weighted by molar-refractivity contribution is 5.92. The van der Waals surface area contributed by atoms with Gasteiger partial charge in [0.15, 0.2) is 18.1 Å². The maximum atomic E-state index is 11.7. The van der Waals surface area contributed by atoms with E-state index in [1.54, 1.807) is 24.3 Å². The lowest BCUT2D eigenvalue weighted by atomic mass is 10.2. The lowest BCUT2D eigenvalue weighted by molar-refractivity contribution is -0.136. The molecule has 0 saturated carbocycles. The first-order valence-electron chi connectivity index (χ1n) is 6.46. The Labute approximate surface area is 127 Å². The second kappa shape index (κ2) is 7.12. The molecule has 2 aromatic rings. The number of ether oxygens (including phenoxy) is 3. The molecule has 6 nitrogen and oxygen atoms in total. The number of amides is 1. The number of benzene rings is 2. The summed E-state index contributed by atoms with van der Waals surface area (Å²) in [6.45, 7) is -0.266. The minimum absolute atomic E-state index is 0.266. The molecule has 0 radical (unpaired) electrons.